The number of aromatic amines is 1. The van der Waals surface area contributed by atoms with Crippen LogP contribution < -0.4 is 0 Å². The van der Waals surface area contributed by atoms with Gasteiger partial charge in [-0.05, 0) is 13.3 Å². The van der Waals surface area contributed by atoms with Gasteiger partial charge in [0.15, 0.2) is 5.65 Å². The summed E-state index contributed by atoms with van der Waals surface area (Å²) in [4.78, 5) is 8.54. The Bertz CT molecular complexity index is 405. The zero-order chi connectivity index (χ0) is 10.6. The van der Waals surface area contributed by atoms with Crippen molar-refractivity contribution in [3.8, 4) is 0 Å². The van der Waals surface area contributed by atoms with E-state index >= 15 is 0 Å². The van der Waals surface area contributed by atoms with Gasteiger partial charge in [-0.2, -0.15) is 5.10 Å². The predicted octanol–water partition coefficient (Wildman–Crippen LogP) is 2.25. The Labute approximate surface area is 83.8 Å². The second-order valence-electron chi connectivity index (χ2n) is 2.70. The first-order valence-corrected chi connectivity index (χ1v) is 4.98. The molecule has 2 heterocycles. The molecule has 0 saturated carbocycles. The Morgan fingerprint density at radius 2 is 2.00 bits per heavy atom. The monoisotopic (exact) mass is 192 g/mol. The fourth-order valence-electron chi connectivity index (χ4n) is 1.29. The summed E-state index contributed by atoms with van der Waals surface area (Å²) in [5.41, 5.74) is 1.89. The second-order valence-corrected chi connectivity index (χ2v) is 2.70. The lowest BCUT2D eigenvalue weighted by atomic mass is 10.2. The highest BCUT2D eigenvalue weighted by atomic mass is 15.1. The molecule has 0 aliphatic heterocycles. The van der Waals surface area contributed by atoms with Gasteiger partial charge in [0.1, 0.15) is 5.82 Å². The Kier molecular flexibility index (Phi) is 3.56. The van der Waals surface area contributed by atoms with Gasteiger partial charge in [0.05, 0.1) is 17.3 Å². The van der Waals surface area contributed by atoms with Gasteiger partial charge in [0.2, 0.25) is 0 Å². The molecule has 0 saturated heterocycles. The summed E-state index contributed by atoms with van der Waals surface area (Å²) in [7, 11) is 0. The van der Waals surface area contributed by atoms with E-state index in [9.17, 15) is 0 Å². The predicted molar refractivity (Wildman–Crippen MR) is 57.1 cm³/mol. The molecule has 4 nitrogen and oxygen atoms in total. The van der Waals surface area contributed by atoms with Gasteiger partial charge in [0.25, 0.3) is 0 Å². The highest BCUT2D eigenvalue weighted by molar-refractivity contribution is 5.76. The lowest BCUT2D eigenvalue weighted by molar-refractivity contribution is 0.974. The number of rotatable bonds is 1. The Morgan fingerprint density at radius 3 is 2.64 bits per heavy atom. The largest absolute Gasteiger partial charge is 0.261 e. The maximum atomic E-state index is 4.32. The molecule has 0 aromatic carbocycles. The SMILES string of the molecule is CC.CCc1nc(C)nc2[nH]ncc12. The van der Waals surface area contributed by atoms with Crippen LogP contribution in [0.25, 0.3) is 11.0 Å². The third-order valence-electron chi connectivity index (χ3n) is 1.84. The average molecular weight is 192 g/mol. The van der Waals surface area contributed by atoms with E-state index in [0.717, 1.165) is 29.0 Å². The lowest BCUT2D eigenvalue weighted by Crippen LogP contribution is -1.94. The zero-order valence-electron chi connectivity index (χ0n) is 9.13. The van der Waals surface area contributed by atoms with Gasteiger partial charge < -0.3 is 0 Å². The molecular formula is C10H16N4. The normalized spacial score (nSPS) is 9.71. The highest BCUT2D eigenvalue weighted by Crippen LogP contribution is 2.12. The van der Waals surface area contributed by atoms with E-state index in [1.807, 2.05) is 20.8 Å². The van der Waals surface area contributed by atoms with Crippen LogP contribution in [0, 0.1) is 6.92 Å². The molecule has 2 rings (SSSR count). The van der Waals surface area contributed by atoms with Crippen molar-refractivity contribution in [2.75, 3.05) is 0 Å². The van der Waals surface area contributed by atoms with E-state index in [2.05, 4.69) is 27.1 Å². The van der Waals surface area contributed by atoms with Crippen LogP contribution in [0.2, 0.25) is 0 Å². The summed E-state index contributed by atoms with van der Waals surface area (Å²) >= 11 is 0. The Balaban J connectivity index is 0.000000461. The van der Waals surface area contributed by atoms with Crippen LogP contribution in [-0.4, -0.2) is 20.2 Å². The van der Waals surface area contributed by atoms with E-state index in [-0.39, 0.29) is 0 Å². The topological polar surface area (TPSA) is 54.5 Å². The van der Waals surface area contributed by atoms with Crippen molar-refractivity contribution in [2.24, 2.45) is 0 Å². The summed E-state index contributed by atoms with van der Waals surface area (Å²) in [6.45, 7) is 7.97. The maximum absolute atomic E-state index is 4.32. The third kappa shape index (κ3) is 1.89. The minimum Gasteiger partial charge on any atom is -0.261 e. The minimum absolute atomic E-state index is 0.795. The second kappa shape index (κ2) is 4.69. The van der Waals surface area contributed by atoms with E-state index in [0.29, 0.717) is 0 Å². The molecule has 0 amide bonds. The van der Waals surface area contributed by atoms with E-state index in [1.165, 1.54) is 0 Å². The summed E-state index contributed by atoms with van der Waals surface area (Å²) in [6, 6.07) is 0. The van der Waals surface area contributed by atoms with Gasteiger partial charge in [-0.15, -0.1) is 0 Å². The van der Waals surface area contributed by atoms with E-state index < -0.39 is 0 Å². The van der Waals surface area contributed by atoms with Gasteiger partial charge in [0, 0.05) is 0 Å². The molecule has 0 radical (unpaired) electrons. The minimum atomic E-state index is 0.795. The molecule has 0 fully saturated rings. The molecule has 4 heteroatoms. The van der Waals surface area contributed by atoms with Crippen molar-refractivity contribution >= 4 is 11.0 Å². The number of aryl methyl sites for hydroxylation is 2. The van der Waals surface area contributed by atoms with Crippen molar-refractivity contribution < 1.29 is 0 Å². The third-order valence-corrected chi connectivity index (χ3v) is 1.84. The van der Waals surface area contributed by atoms with Gasteiger partial charge >= 0.3 is 0 Å². The molecule has 0 spiro atoms. The van der Waals surface area contributed by atoms with Crippen molar-refractivity contribution in [1.29, 1.82) is 0 Å². The molecule has 0 atom stereocenters. The van der Waals surface area contributed by atoms with Crippen LogP contribution in [0.5, 0.6) is 0 Å². The van der Waals surface area contributed by atoms with Crippen LogP contribution in [0.1, 0.15) is 32.3 Å². The zero-order valence-corrected chi connectivity index (χ0v) is 9.13. The molecule has 0 aliphatic rings. The van der Waals surface area contributed by atoms with Gasteiger partial charge in [-0.1, -0.05) is 20.8 Å². The maximum Gasteiger partial charge on any atom is 0.159 e. The molecule has 0 bridgehead atoms. The van der Waals surface area contributed by atoms with Gasteiger partial charge in [-0.3, -0.25) is 5.10 Å². The number of nitrogens with one attached hydrogen (secondary N) is 1. The van der Waals surface area contributed by atoms with Crippen molar-refractivity contribution in [2.45, 2.75) is 34.1 Å². The number of hydrogen-bond donors (Lipinski definition) is 1. The van der Waals surface area contributed by atoms with E-state index in [1.54, 1.807) is 6.20 Å². The standard InChI is InChI=1S/C8H10N4.C2H6/c1-3-7-6-4-9-12-8(6)11-5(2)10-7;1-2/h4H,3H2,1-2H3,(H,9,10,11,12);1-2H3. The van der Waals surface area contributed by atoms with Crippen molar-refractivity contribution in [3.05, 3.63) is 17.7 Å². The number of aromatic nitrogens is 4. The Morgan fingerprint density at radius 1 is 1.29 bits per heavy atom. The summed E-state index contributed by atoms with van der Waals surface area (Å²) in [5.74, 6) is 0.795. The van der Waals surface area contributed by atoms with Crippen molar-refractivity contribution in [3.63, 3.8) is 0 Å². The molecule has 0 unspecified atom stereocenters. The summed E-state index contributed by atoms with van der Waals surface area (Å²) in [6.07, 6.45) is 2.69. The van der Waals surface area contributed by atoms with Gasteiger partial charge in [-0.25, -0.2) is 9.97 Å². The summed E-state index contributed by atoms with van der Waals surface area (Å²) < 4.78 is 0. The van der Waals surface area contributed by atoms with Crippen LogP contribution in [-0.2, 0) is 6.42 Å². The molecule has 2 aromatic heterocycles. The number of H-pyrrole nitrogens is 1. The van der Waals surface area contributed by atoms with Crippen LogP contribution >= 0.6 is 0 Å². The molecule has 2 aromatic rings. The fraction of sp³-hybridized carbons (Fsp3) is 0.500. The molecule has 1 N–H and O–H groups in total. The first kappa shape index (κ1) is 10.6. The highest BCUT2D eigenvalue weighted by Gasteiger charge is 2.04. The number of hydrogen-bond acceptors (Lipinski definition) is 3. The number of nitrogens with zero attached hydrogens (tertiary/aromatic N) is 3. The first-order chi connectivity index (χ1) is 6.81. The Hall–Kier alpha value is -1.45. The van der Waals surface area contributed by atoms with Crippen LogP contribution in [0.15, 0.2) is 6.20 Å². The van der Waals surface area contributed by atoms with E-state index in [4.69, 9.17) is 0 Å². The van der Waals surface area contributed by atoms with Crippen molar-refractivity contribution in [1.82, 2.24) is 20.2 Å². The fourth-order valence-corrected chi connectivity index (χ4v) is 1.29. The number of fused-ring (bicyclic) bond motifs is 1. The average Bonchev–Trinajstić information content (AvgIpc) is 2.67. The van der Waals surface area contributed by atoms with Crippen LogP contribution in [0.3, 0.4) is 0 Å². The smallest absolute Gasteiger partial charge is 0.159 e. The quantitative estimate of drug-likeness (QED) is 0.754. The molecule has 76 valence electrons. The molecule has 14 heavy (non-hydrogen) atoms. The lowest BCUT2D eigenvalue weighted by Gasteiger charge is -1.98. The molecule has 0 aliphatic carbocycles. The van der Waals surface area contributed by atoms with Crippen LogP contribution in [0.4, 0.5) is 0 Å². The summed E-state index contributed by atoms with van der Waals surface area (Å²) in [5, 5.41) is 7.79. The first-order valence-electron chi connectivity index (χ1n) is 4.98. The molecular weight excluding hydrogens is 176 g/mol.